The third kappa shape index (κ3) is 4.13. The van der Waals surface area contributed by atoms with E-state index in [2.05, 4.69) is 0 Å². The second kappa shape index (κ2) is 6.35. The van der Waals surface area contributed by atoms with Crippen molar-refractivity contribution >= 4 is 18.0 Å². The third-order valence-corrected chi connectivity index (χ3v) is 3.55. The van der Waals surface area contributed by atoms with Gasteiger partial charge < -0.3 is 20.3 Å². The van der Waals surface area contributed by atoms with Gasteiger partial charge in [-0.05, 0) is 47.5 Å². The van der Waals surface area contributed by atoms with Crippen molar-refractivity contribution in [3.8, 4) is 0 Å². The Morgan fingerprint density at radius 2 is 1.65 bits per heavy atom. The zero-order valence-corrected chi connectivity index (χ0v) is 14.3. The fraction of sp³-hybridized carbons (Fsp3) is 0.800. The van der Waals surface area contributed by atoms with Gasteiger partial charge >= 0.3 is 18.0 Å². The number of nitrogens with two attached hydrogens (primary N) is 1. The highest BCUT2D eigenvalue weighted by molar-refractivity contribution is 6.07. The third-order valence-electron chi connectivity index (χ3n) is 3.55. The Kier molecular flexibility index (Phi) is 5.30. The maximum atomic E-state index is 12.7. The van der Waals surface area contributed by atoms with Gasteiger partial charge in [-0.15, -0.1) is 0 Å². The van der Waals surface area contributed by atoms with Crippen molar-refractivity contribution in [1.29, 1.82) is 0 Å². The first kappa shape index (κ1) is 19.2. The fourth-order valence-corrected chi connectivity index (χ4v) is 2.33. The number of amides is 1. The summed E-state index contributed by atoms with van der Waals surface area (Å²) in [7, 11) is 0. The van der Waals surface area contributed by atoms with Crippen LogP contribution in [0.25, 0.3) is 0 Å². The zero-order chi connectivity index (χ0) is 18.1. The van der Waals surface area contributed by atoms with E-state index in [1.165, 1.54) is 0 Å². The van der Waals surface area contributed by atoms with Crippen LogP contribution in [0, 0.1) is 0 Å². The van der Waals surface area contributed by atoms with E-state index in [9.17, 15) is 19.5 Å². The second-order valence-electron chi connectivity index (χ2n) is 7.25. The molecule has 0 radical (unpaired) electrons. The summed E-state index contributed by atoms with van der Waals surface area (Å²) in [4.78, 5) is 37.7. The number of hydrogen-bond donors (Lipinski definition) is 2. The summed E-state index contributed by atoms with van der Waals surface area (Å²) in [5.74, 6) is -1.86. The molecule has 1 heterocycles. The van der Waals surface area contributed by atoms with Crippen LogP contribution in [-0.2, 0) is 19.1 Å². The maximum absolute atomic E-state index is 12.7. The number of ether oxygens (including phenoxy) is 2. The number of likely N-dealkylation sites (tertiary alicyclic amines) is 1. The molecule has 0 bridgehead atoms. The van der Waals surface area contributed by atoms with E-state index in [0.717, 1.165) is 4.90 Å². The van der Waals surface area contributed by atoms with Gasteiger partial charge in [-0.1, -0.05) is 0 Å². The number of esters is 2. The van der Waals surface area contributed by atoms with Crippen LogP contribution in [0.15, 0.2) is 0 Å². The van der Waals surface area contributed by atoms with Gasteiger partial charge in [0.25, 0.3) is 0 Å². The molecule has 1 atom stereocenters. The highest BCUT2D eigenvalue weighted by atomic mass is 16.6. The Bertz CT molecular complexity index is 497. The molecule has 1 aliphatic heterocycles. The predicted octanol–water partition coefficient (Wildman–Crippen LogP) is 1.12. The van der Waals surface area contributed by atoms with Crippen molar-refractivity contribution in [3.63, 3.8) is 0 Å². The Balaban J connectivity index is 3.24. The molecular formula is C15H26N2O6. The lowest BCUT2D eigenvalue weighted by atomic mass is 9.95. The van der Waals surface area contributed by atoms with Crippen LogP contribution in [-0.4, -0.2) is 57.9 Å². The van der Waals surface area contributed by atoms with Crippen LogP contribution in [0.2, 0.25) is 0 Å². The normalized spacial score (nSPS) is 21.9. The molecule has 0 aliphatic carbocycles. The molecule has 0 saturated carbocycles. The Hall–Kier alpha value is -1.83. The molecule has 1 amide bonds. The monoisotopic (exact) mass is 330 g/mol. The molecule has 0 spiro atoms. The van der Waals surface area contributed by atoms with Gasteiger partial charge in [0.05, 0.1) is 0 Å². The molecule has 8 heteroatoms. The quantitative estimate of drug-likeness (QED) is 0.585. The first-order valence-electron chi connectivity index (χ1n) is 7.53. The van der Waals surface area contributed by atoms with E-state index in [1.807, 2.05) is 0 Å². The molecule has 0 aromatic rings. The minimum atomic E-state index is -1.98. The van der Waals surface area contributed by atoms with Crippen molar-refractivity contribution in [1.82, 2.24) is 4.90 Å². The van der Waals surface area contributed by atoms with Crippen LogP contribution in [0.3, 0.4) is 0 Å². The lowest BCUT2D eigenvalue weighted by Gasteiger charge is -2.36. The second-order valence-corrected chi connectivity index (χ2v) is 7.25. The molecule has 3 N–H and O–H groups in total. The molecule has 0 aromatic carbocycles. The van der Waals surface area contributed by atoms with Gasteiger partial charge in [0.1, 0.15) is 11.2 Å². The molecule has 1 saturated heterocycles. The van der Waals surface area contributed by atoms with Crippen LogP contribution in [0.5, 0.6) is 0 Å². The van der Waals surface area contributed by atoms with Crippen LogP contribution in [0.4, 0.5) is 4.79 Å². The standard InChI is InChI=1S/C15H26N2O6/c1-13(2,3)22-10(18)15(7-6-8-17(15)12(20)21)11(19)23-14(4,5)9-16/h6-9,16H2,1-5H3,(H,20,21). The summed E-state index contributed by atoms with van der Waals surface area (Å²) >= 11 is 0. The highest BCUT2D eigenvalue weighted by Crippen LogP contribution is 2.34. The van der Waals surface area contributed by atoms with Gasteiger partial charge in [0.2, 0.25) is 5.54 Å². The number of nitrogens with zero attached hydrogens (tertiary/aromatic N) is 1. The van der Waals surface area contributed by atoms with E-state index in [1.54, 1.807) is 34.6 Å². The summed E-state index contributed by atoms with van der Waals surface area (Å²) < 4.78 is 10.6. The number of rotatable bonds is 4. The van der Waals surface area contributed by atoms with E-state index >= 15 is 0 Å². The number of carbonyl (C=O) groups excluding carboxylic acids is 2. The van der Waals surface area contributed by atoms with Crippen molar-refractivity contribution < 1.29 is 29.0 Å². The average molecular weight is 330 g/mol. The summed E-state index contributed by atoms with van der Waals surface area (Å²) in [6.07, 6.45) is -0.979. The summed E-state index contributed by atoms with van der Waals surface area (Å²) in [5.41, 5.74) is 1.69. The Labute approximate surface area is 135 Å². The number of carboxylic acid groups (broad SMARTS) is 1. The smallest absolute Gasteiger partial charge is 0.408 e. The SMILES string of the molecule is CC(C)(C)OC(=O)C1(C(=O)OC(C)(C)CN)CCCN1C(=O)O. The Morgan fingerprint density at radius 1 is 1.13 bits per heavy atom. The van der Waals surface area contributed by atoms with E-state index < -0.39 is 34.8 Å². The van der Waals surface area contributed by atoms with Gasteiger partial charge in [-0.25, -0.2) is 14.4 Å². The van der Waals surface area contributed by atoms with Crippen LogP contribution in [0.1, 0.15) is 47.5 Å². The van der Waals surface area contributed by atoms with Crippen molar-refractivity contribution in [2.24, 2.45) is 5.73 Å². The minimum absolute atomic E-state index is 0.0215. The molecule has 1 aliphatic rings. The highest BCUT2D eigenvalue weighted by Gasteiger charge is 2.60. The lowest BCUT2D eigenvalue weighted by Crippen LogP contribution is -2.62. The first-order chi connectivity index (χ1) is 10.4. The molecule has 1 unspecified atom stereocenters. The van der Waals surface area contributed by atoms with Gasteiger partial charge in [-0.3, -0.25) is 4.90 Å². The lowest BCUT2D eigenvalue weighted by molar-refractivity contribution is -0.184. The topological polar surface area (TPSA) is 119 Å². The van der Waals surface area contributed by atoms with Crippen molar-refractivity contribution in [2.75, 3.05) is 13.1 Å². The summed E-state index contributed by atoms with van der Waals surface area (Å²) in [6, 6.07) is 0. The molecule has 8 nitrogen and oxygen atoms in total. The van der Waals surface area contributed by atoms with Crippen LogP contribution >= 0.6 is 0 Å². The van der Waals surface area contributed by atoms with Crippen LogP contribution < -0.4 is 5.73 Å². The van der Waals surface area contributed by atoms with E-state index in [-0.39, 0.29) is 19.5 Å². The fourth-order valence-electron chi connectivity index (χ4n) is 2.33. The van der Waals surface area contributed by atoms with E-state index in [0.29, 0.717) is 6.42 Å². The largest absolute Gasteiger partial charge is 0.465 e. The number of hydrogen-bond acceptors (Lipinski definition) is 6. The van der Waals surface area contributed by atoms with Crippen molar-refractivity contribution in [3.05, 3.63) is 0 Å². The molecule has 23 heavy (non-hydrogen) atoms. The summed E-state index contributed by atoms with van der Waals surface area (Å²) in [6.45, 7) is 8.22. The predicted molar refractivity (Wildman–Crippen MR) is 81.8 cm³/mol. The van der Waals surface area contributed by atoms with Gasteiger partial charge in [0.15, 0.2) is 0 Å². The molecule has 1 rings (SSSR count). The molecular weight excluding hydrogens is 304 g/mol. The maximum Gasteiger partial charge on any atom is 0.408 e. The first-order valence-corrected chi connectivity index (χ1v) is 7.53. The van der Waals surface area contributed by atoms with Gasteiger partial charge in [-0.2, -0.15) is 0 Å². The molecule has 0 aromatic heterocycles. The minimum Gasteiger partial charge on any atom is -0.465 e. The molecule has 1 fully saturated rings. The summed E-state index contributed by atoms with van der Waals surface area (Å²) in [5, 5.41) is 9.39. The van der Waals surface area contributed by atoms with Crippen molar-refractivity contribution in [2.45, 2.75) is 64.2 Å². The zero-order valence-electron chi connectivity index (χ0n) is 14.3. The average Bonchev–Trinajstić information content (AvgIpc) is 2.82. The van der Waals surface area contributed by atoms with E-state index in [4.69, 9.17) is 15.2 Å². The molecule has 132 valence electrons. The Morgan fingerprint density at radius 3 is 2.09 bits per heavy atom. The number of carbonyl (C=O) groups is 3. The van der Waals surface area contributed by atoms with Gasteiger partial charge in [0, 0.05) is 13.1 Å².